The minimum Gasteiger partial charge on any atom is -0.232 e. The quantitative estimate of drug-likeness (QED) is 0.945. The summed E-state index contributed by atoms with van der Waals surface area (Å²) in [5.74, 6) is 0. The maximum atomic E-state index is 12.0. The molecule has 0 spiro atoms. The highest BCUT2D eigenvalue weighted by atomic mass is 35.5. The summed E-state index contributed by atoms with van der Waals surface area (Å²) in [4.78, 5) is 3.72. The molecule has 4 nitrogen and oxygen atoms in total. The maximum absolute atomic E-state index is 12.0. The van der Waals surface area contributed by atoms with Crippen molar-refractivity contribution in [2.75, 3.05) is 0 Å². The Hall–Kier alpha value is -0.470. The number of hydrogen-bond acceptors (Lipinski definition) is 5. The van der Waals surface area contributed by atoms with Crippen LogP contribution in [0.15, 0.2) is 27.2 Å². The SMILES string of the molecule is CC(NS(=O)(=O)c1cnc(Cl)s1)c1ccsc1. The number of halogens is 1. The van der Waals surface area contributed by atoms with Gasteiger partial charge in [-0.1, -0.05) is 22.9 Å². The Morgan fingerprint density at radius 3 is 2.82 bits per heavy atom. The predicted octanol–water partition coefficient (Wildman–Crippen LogP) is 2.90. The number of nitrogens with zero attached hydrogens (tertiary/aromatic N) is 1. The summed E-state index contributed by atoms with van der Waals surface area (Å²) in [6, 6.07) is 1.62. The fourth-order valence-corrected chi connectivity index (χ4v) is 4.54. The van der Waals surface area contributed by atoms with E-state index in [2.05, 4.69) is 9.71 Å². The van der Waals surface area contributed by atoms with Crippen LogP contribution in [-0.4, -0.2) is 13.4 Å². The smallest absolute Gasteiger partial charge is 0.232 e. The van der Waals surface area contributed by atoms with Crippen LogP contribution in [0.3, 0.4) is 0 Å². The van der Waals surface area contributed by atoms with Crippen molar-refractivity contribution >= 4 is 44.3 Å². The molecule has 0 amide bonds. The molecular weight excluding hydrogens is 300 g/mol. The van der Waals surface area contributed by atoms with Crippen molar-refractivity contribution in [1.29, 1.82) is 0 Å². The number of hydrogen-bond donors (Lipinski definition) is 1. The number of thiazole rings is 1. The first kappa shape index (κ1) is 13.0. The van der Waals surface area contributed by atoms with Crippen molar-refractivity contribution in [1.82, 2.24) is 9.71 Å². The third-order valence-corrected chi connectivity index (χ3v) is 5.91. The number of nitrogens with one attached hydrogen (secondary N) is 1. The molecule has 2 aromatic heterocycles. The minimum atomic E-state index is -3.54. The summed E-state index contributed by atoms with van der Waals surface area (Å²) in [6.45, 7) is 1.79. The van der Waals surface area contributed by atoms with Crippen LogP contribution in [0, 0.1) is 0 Å². The highest BCUT2D eigenvalue weighted by Gasteiger charge is 2.21. The van der Waals surface area contributed by atoms with Gasteiger partial charge in [0.15, 0.2) is 8.68 Å². The molecule has 0 aliphatic carbocycles. The summed E-state index contributed by atoms with van der Waals surface area (Å²) >= 11 is 8.09. The van der Waals surface area contributed by atoms with Gasteiger partial charge in [-0.3, -0.25) is 0 Å². The van der Waals surface area contributed by atoms with Crippen LogP contribution in [0.5, 0.6) is 0 Å². The average molecular weight is 309 g/mol. The van der Waals surface area contributed by atoms with Gasteiger partial charge in [-0.25, -0.2) is 18.1 Å². The fourth-order valence-electron chi connectivity index (χ4n) is 1.24. The van der Waals surface area contributed by atoms with E-state index in [9.17, 15) is 8.42 Å². The number of aromatic nitrogens is 1. The van der Waals surface area contributed by atoms with Gasteiger partial charge in [0.05, 0.1) is 6.20 Å². The van der Waals surface area contributed by atoms with Gasteiger partial charge in [0.25, 0.3) is 10.0 Å². The van der Waals surface area contributed by atoms with Gasteiger partial charge in [-0.2, -0.15) is 11.3 Å². The Kier molecular flexibility index (Phi) is 3.84. The van der Waals surface area contributed by atoms with Crippen LogP contribution in [0.2, 0.25) is 4.47 Å². The summed E-state index contributed by atoms with van der Waals surface area (Å²) in [7, 11) is -3.54. The molecule has 2 aromatic rings. The van der Waals surface area contributed by atoms with Crippen LogP contribution in [-0.2, 0) is 10.0 Å². The zero-order chi connectivity index (χ0) is 12.5. The molecule has 1 N–H and O–H groups in total. The molecule has 2 heterocycles. The molecular formula is C9H9ClN2O2S3. The monoisotopic (exact) mass is 308 g/mol. The molecule has 0 radical (unpaired) electrons. The Morgan fingerprint density at radius 1 is 1.53 bits per heavy atom. The van der Waals surface area contributed by atoms with Crippen LogP contribution in [0.25, 0.3) is 0 Å². The number of thiophene rings is 1. The van der Waals surface area contributed by atoms with E-state index in [0.717, 1.165) is 16.9 Å². The second kappa shape index (κ2) is 5.03. The first-order chi connectivity index (χ1) is 7.99. The lowest BCUT2D eigenvalue weighted by molar-refractivity contribution is 0.569. The second-order valence-electron chi connectivity index (χ2n) is 3.33. The first-order valence-electron chi connectivity index (χ1n) is 4.65. The van der Waals surface area contributed by atoms with E-state index in [1.54, 1.807) is 6.92 Å². The average Bonchev–Trinajstić information content (AvgIpc) is 2.86. The van der Waals surface area contributed by atoms with E-state index < -0.39 is 10.0 Å². The molecule has 17 heavy (non-hydrogen) atoms. The van der Waals surface area contributed by atoms with Gasteiger partial charge < -0.3 is 0 Å². The topological polar surface area (TPSA) is 59.1 Å². The van der Waals surface area contributed by atoms with E-state index >= 15 is 0 Å². The van der Waals surface area contributed by atoms with Crippen molar-refractivity contribution in [2.45, 2.75) is 17.2 Å². The minimum absolute atomic E-state index is 0.129. The normalized spacial score (nSPS) is 13.8. The summed E-state index contributed by atoms with van der Waals surface area (Å²) in [6.07, 6.45) is 1.26. The summed E-state index contributed by atoms with van der Waals surface area (Å²) in [5.41, 5.74) is 0.939. The van der Waals surface area contributed by atoms with Crippen molar-refractivity contribution < 1.29 is 8.42 Å². The molecule has 0 fully saturated rings. The third-order valence-electron chi connectivity index (χ3n) is 2.10. The molecule has 0 aromatic carbocycles. The molecule has 2 rings (SSSR count). The Bertz CT molecular complexity index is 592. The van der Waals surface area contributed by atoms with E-state index in [4.69, 9.17) is 11.6 Å². The molecule has 0 saturated heterocycles. The standard InChI is InChI=1S/C9H9ClN2O2S3/c1-6(7-2-3-15-5-7)12-17(13,14)8-4-11-9(10)16-8/h2-6,12H,1H3. The van der Waals surface area contributed by atoms with Crippen molar-refractivity contribution in [2.24, 2.45) is 0 Å². The summed E-state index contributed by atoms with van der Waals surface area (Å²) < 4.78 is 26.8. The number of sulfonamides is 1. The van der Waals surface area contributed by atoms with Gasteiger partial charge in [-0.15, -0.1) is 0 Å². The van der Waals surface area contributed by atoms with Gasteiger partial charge in [0.1, 0.15) is 0 Å². The van der Waals surface area contributed by atoms with E-state index in [0.29, 0.717) is 0 Å². The predicted molar refractivity (Wildman–Crippen MR) is 70.2 cm³/mol. The Balaban J connectivity index is 2.18. The highest BCUT2D eigenvalue weighted by Crippen LogP contribution is 2.24. The van der Waals surface area contributed by atoms with E-state index in [1.807, 2.05) is 16.8 Å². The first-order valence-corrected chi connectivity index (χ1v) is 8.27. The zero-order valence-corrected chi connectivity index (χ0v) is 12.0. The summed E-state index contributed by atoms with van der Waals surface area (Å²) in [5, 5.41) is 3.82. The molecule has 92 valence electrons. The van der Waals surface area contributed by atoms with Gasteiger partial charge in [0, 0.05) is 6.04 Å². The Labute approximate surface area is 112 Å². The molecule has 1 atom stereocenters. The largest absolute Gasteiger partial charge is 0.252 e. The fraction of sp³-hybridized carbons (Fsp3) is 0.222. The molecule has 0 saturated carbocycles. The number of rotatable bonds is 4. The lowest BCUT2D eigenvalue weighted by Crippen LogP contribution is -2.25. The molecule has 1 unspecified atom stereocenters. The molecule has 0 aliphatic rings. The third kappa shape index (κ3) is 3.05. The highest BCUT2D eigenvalue weighted by molar-refractivity contribution is 7.91. The van der Waals surface area contributed by atoms with Crippen LogP contribution < -0.4 is 4.72 Å². The van der Waals surface area contributed by atoms with E-state index in [-0.39, 0.29) is 14.7 Å². The van der Waals surface area contributed by atoms with Crippen LogP contribution in [0.1, 0.15) is 18.5 Å². The zero-order valence-electron chi connectivity index (χ0n) is 8.75. The van der Waals surface area contributed by atoms with Gasteiger partial charge in [-0.05, 0) is 29.3 Å². The lowest BCUT2D eigenvalue weighted by atomic mass is 10.2. The van der Waals surface area contributed by atoms with E-state index in [1.165, 1.54) is 17.5 Å². The Morgan fingerprint density at radius 2 is 2.29 bits per heavy atom. The van der Waals surface area contributed by atoms with Crippen molar-refractivity contribution in [3.05, 3.63) is 33.1 Å². The van der Waals surface area contributed by atoms with Gasteiger partial charge >= 0.3 is 0 Å². The lowest BCUT2D eigenvalue weighted by Gasteiger charge is -2.11. The molecule has 0 bridgehead atoms. The molecule has 8 heteroatoms. The second-order valence-corrected chi connectivity index (χ2v) is 7.67. The molecule has 0 aliphatic heterocycles. The van der Waals surface area contributed by atoms with Crippen molar-refractivity contribution in [3.8, 4) is 0 Å². The maximum Gasteiger partial charge on any atom is 0.252 e. The van der Waals surface area contributed by atoms with Gasteiger partial charge in [0.2, 0.25) is 0 Å². The van der Waals surface area contributed by atoms with Crippen molar-refractivity contribution in [3.63, 3.8) is 0 Å². The van der Waals surface area contributed by atoms with Crippen LogP contribution in [0.4, 0.5) is 0 Å². The van der Waals surface area contributed by atoms with Crippen LogP contribution >= 0.6 is 34.3 Å².